The lowest BCUT2D eigenvalue weighted by Gasteiger charge is -2.38. The van der Waals surface area contributed by atoms with Gasteiger partial charge in [-0.25, -0.2) is 0 Å². The lowest BCUT2D eigenvalue weighted by molar-refractivity contribution is -0.135. The van der Waals surface area contributed by atoms with Gasteiger partial charge in [0.2, 0.25) is 5.91 Å². The van der Waals surface area contributed by atoms with Gasteiger partial charge in [-0.05, 0) is 56.2 Å². The number of halogens is 2. The van der Waals surface area contributed by atoms with E-state index in [0.717, 1.165) is 69.4 Å². The van der Waals surface area contributed by atoms with Gasteiger partial charge >= 0.3 is 0 Å². The molecule has 1 unspecified atom stereocenters. The molecule has 1 N–H and O–H groups in total. The minimum absolute atomic E-state index is 0.0806. The third-order valence-corrected chi connectivity index (χ3v) is 6.45. The number of likely N-dealkylation sites (N-methyl/N-ethyl adjacent to an activating group) is 1. The number of likely N-dealkylation sites (tertiary alicyclic amines) is 1. The zero-order valence-electron chi connectivity index (χ0n) is 14.6. The Labute approximate surface area is 159 Å². The van der Waals surface area contributed by atoms with Gasteiger partial charge in [0.1, 0.15) is 6.04 Å². The van der Waals surface area contributed by atoms with E-state index >= 15 is 0 Å². The number of rotatable bonds is 4. The molecule has 1 aromatic carbocycles. The molecule has 2 heterocycles. The van der Waals surface area contributed by atoms with E-state index in [1.165, 1.54) is 0 Å². The fourth-order valence-electron chi connectivity index (χ4n) is 4.12. The Kier molecular flexibility index (Phi) is 6.61. The molecule has 2 aliphatic rings. The Morgan fingerprint density at radius 2 is 1.80 bits per heavy atom. The average molecular weight is 385 g/mol. The van der Waals surface area contributed by atoms with Gasteiger partial charge in [0.25, 0.3) is 0 Å². The molecular formula is C19H26Cl2N2O2. The van der Waals surface area contributed by atoms with E-state index in [-0.39, 0.29) is 5.91 Å². The predicted molar refractivity (Wildman–Crippen MR) is 101 cm³/mol. The highest BCUT2D eigenvalue weighted by atomic mass is 35.5. The van der Waals surface area contributed by atoms with Crippen LogP contribution in [0.4, 0.5) is 0 Å². The molecule has 0 aromatic heterocycles. The van der Waals surface area contributed by atoms with E-state index in [4.69, 9.17) is 27.9 Å². The Hall–Kier alpha value is -0.810. The van der Waals surface area contributed by atoms with E-state index in [0.29, 0.717) is 10.0 Å². The lowest BCUT2D eigenvalue weighted by Crippen LogP contribution is -2.45. The van der Waals surface area contributed by atoms with Crippen LogP contribution in [0.3, 0.4) is 0 Å². The number of benzene rings is 1. The summed E-state index contributed by atoms with van der Waals surface area (Å²) in [6, 6.07) is 4.98. The summed E-state index contributed by atoms with van der Waals surface area (Å²) in [5.41, 5.74) is 0.744. The zero-order valence-corrected chi connectivity index (χ0v) is 16.2. The van der Waals surface area contributed by atoms with Gasteiger partial charge in [0, 0.05) is 26.3 Å². The first-order valence-electron chi connectivity index (χ1n) is 9.09. The van der Waals surface area contributed by atoms with Crippen LogP contribution in [-0.2, 0) is 9.53 Å². The normalized spacial score (nSPS) is 21.3. The number of piperidine rings is 1. The fraction of sp³-hybridized carbons (Fsp3) is 0.632. The van der Waals surface area contributed by atoms with Crippen molar-refractivity contribution in [1.29, 1.82) is 0 Å². The Morgan fingerprint density at radius 3 is 2.44 bits per heavy atom. The van der Waals surface area contributed by atoms with Crippen LogP contribution in [0, 0.1) is 11.8 Å². The molecule has 0 saturated carbocycles. The van der Waals surface area contributed by atoms with Gasteiger partial charge in [-0.1, -0.05) is 35.3 Å². The van der Waals surface area contributed by atoms with Gasteiger partial charge in [-0.15, -0.1) is 0 Å². The number of hydrogen-bond donors (Lipinski definition) is 1. The quantitative estimate of drug-likeness (QED) is 0.854. The summed E-state index contributed by atoms with van der Waals surface area (Å²) in [7, 11) is 1.79. The molecule has 0 spiro atoms. The van der Waals surface area contributed by atoms with Crippen LogP contribution in [0.2, 0.25) is 10.0 Å². The van der Waals surface area contributed by atoms with E-state index in [2.05, 4.69) is 5.32 Å². The average Bonchev–Trinajstić information content (AvgIpc) is 2.66. The van der Waals surface area contributed by atoms with E-state index in [1.54, 1.807) is 13.1 Å². The number of nitrogens with zero attached hydrogens (tertiary/aromatic N) is 1. The molecule has 2 saturated heterocycles. The van der Waals surface area contributed by atoms with Gasteiger partial charge < -0.3 is 15.0 Å². The highest BCUT2D eigenvalue weighted by molar-refractivity contribution is 6.42. The van der Waals surface area contributed by atoms with Crippen LogP contribution in [0.5, 0.6) is 0 Å². The maximum atomic E-state index is 13.0. The topological polar surface area (TPSA) is 41.6 Å². The lowest BCUT2D eigenvalue weighted by atomic mass is 9.80. The summed E-state index contributed by atoms with van der Waals surface area (Å²) in [6.07, 6.45) is 4.48. The maximum Gasteiger partial charge on any atom is 0.244 e. The molecule has 1 aromatic rings. The number of carbonyl (C=O) groups excluding carboxylic acids is 1. The van der Waals surface area contributed by atoms with Crippen LogP contribution in [0.1, 0.15) is 37.3 Å². The summed E-state index contributed by atoms with van der Waals surface area (Å²) in [4.78, 5) is 15.0. The highest BCUT2D eigenvalue weighted by Gasteiger charge is 2.32. The number of hydrogen-bond acceptors (Lipinski definition) is 3. The predicted octanol–water partition coefficient (Wildman–Crippen LogP) is 3.92. The molecule has 138 valence electrons. The van der Waals surface area contributed by atoms with Crippen LogP contribution in [0.15, 0.2) is 18.2 Å². The minimum Gasteiger partial charge on any atom is -0.381 e. The molecule has 0 radical (unpaired) electrons. The Morgan fingerprint density at radius 1 is 1.16 bits per heavy atom. The number of ether oxygens (including phenoxy) is 1. The van der Waals surface area contributed by atoms with Gasteiger partial charge in [0.15, 0.2) is 0 Å². The van der Waals surface area contributed by atoms with Crippen LogP contribution in [-0.4, -0.2) is 44.2 Å². The summed E-state index contributed by atoms with van der Waals surface area (Å²) in [5, 5.41) is 4.04. The third kappa shape index (κ3) is 4.30. The molecule has 6 heteroatoms. The van der Waals surface area contributed by atoms with Crippen molar-refractivity contribution in [2.75, 3.05) is 33.4 Å². The van der Waals surface area contributed by atoms with Crippen molar-refractivity contribution < 1.29 is 9.53 Å². The summed E-state index contributed by atoms with van der Waals surface area (Å²) in [6.45, 7) is 3.41. The highest BCUT2D eigenvalue weighted by Crippen LogP contribution is 2.34. The van der Waals surface area contributed by atoms with Crippen molar-refractivity contribution >= 4 is 29.1 Å². The molecule has 0 bridgehead atoms. The summed E-state index contributed by atoms with van der Waals surface area (Å²) in [5.74, 6) is 1.56. The van der Waals surface area contributed by atoms with Crippen LogP contribution >= 0.6 is 23.2 Å². The smallest absolute Gasteiger partial charge is 0.244 e. The van der Waals surface area contributed by atoms with Crippen molar-refractivity contribution in [3.63, 3.8) is 0 Å². The maximum absolute atomic E-state index is 13.0. The van der Waals surface area contributed by atoms with Gasteiger partial charge in [0.05, 0.1) is 10.0 Å². The van der Waals surface area contributed by atoms with Crippen molar-refractivity contribution in [3.05, 3.63) is 33.8 Å². The van der Waals surface area contributed by atoms with E-state index in [1.807, 2.05) is 17.0 Å². The largest absolute Gasteiger partial charge is 0.381 e. The van der Waals surface area contributed by atoms with E-state index in [9.17, 15) is 4.79 Å². The second-order valence-electron chi connectivity index (χ2n) is 6.98. The Bertz CT molecular complexity index is 597. The third-order valence-electron chi connectivity index (χ3n) is 5.61. The Balaban J connectivity index is 1.63. The molecule has 25 heavy (non-hydrogen) atoms. The zero-order chi connectivity index (χ0) is 17.8. The molecule has 1 atom stereocenters. The monoisotopic (exact) mass is 384 g/mol. The second-order valence-corrected chi connectivity index (χ2v) is 7.76. The first-order chi connectivity index (χ1) is 12.1. The van der Waals surface area contributed by atoms with Crippen molar-refractivity contribution in [2.24, 2.45) is 11.8 Å². The molecule has 0 aliphatic carbocycles. The molecule has 1 amide bonds. The van der Waals surface area contributed by atoms with Gasteiger partial charge in [-0.3, -0.25) is 4.79 Å². The summed E-state index contributed by atoms with van der Waals surface area (Å²) >= 11 is 12.4. The SMILES string of the molecule is CNC(C(=O)N1CCC(C2CCOCC2)CC1)c1cccc(Cl)c1Cl. The second kappa shape index (κ2) is 8.72. The molecule has 2 fully saturated rings. The molecule has 4 nitrogen and oxygen atoms in total. The first-order valence-corrected chi connectivity index (χ1v) is 9.85. The molecule has 3 rings (SSSR count). The number of nitrogens with one attached hydrogen (secondary N) is 1. The van der Waals surface area contributed by atoms with Crippen LogP contribution in [0.25, 0.3) is 0 Å². The van der Waals surface area contributed by atoms with Crippen molar-refractivity contribution in [3.8, 4) is 0 Å². The van der Waals surface area contributed by atoms with Crippen LogP contribution < -0.4 is 5.32 Å². The first kappa shape index (κ1) is 19.0. The number of amides is 1. The fourth-order valence-corrected chi connectivity index (χ4v) is 4.53. The van der Waals surface area contributed by atoms with E-state index < -0.39 is 6.04 Å². The number of carbonyl (C=O) groups is 1. The van der Waals surface area contributed by atoms with Crippen molar-refractivity contribution in [2.45, 2.75) is 31.7 Å². The summed E-state index contributed by atoms with van der Waals surface area (Å²) < 4.78 is 5.47. The minimum atomic E-state index is -0.453. The molecule has 2 aliphatic heterocycles. The van der Waals surface area contributed by atoms with Gasteiger partial charge in [-0.2, -0.15) is 0 Å². The molecular weight excluding hydrogens is 359 g/mol. The van der Waals surface area contributed by atoms with Crippen molar-refractivity contribution in [1.82, 2.24) is 10.2 Å². The standard InChI is InChI=1S/C19H26Cl2N2O2/c1-22-18(15-3-2-4-16(20)17(15)21)19(24)23-9-5-13(6-10-23)14-7-11-25-12-8-14/h2-4,13-14,18,22H,5-12H2,1H3.